The summed E-state index contributed by atoms with van der Waals surface area (Å²) in [6.07, 6.45) is 3.81. The molecule has 4 heteroatoms. The number of unbranched alkanes of at least 4 members (excludes halogenated alkanes) is 1. The highest BCUT2D eigenvalue weighted by Gasteiger charge is 2.09. The van der Waals surface area contributed by atoms with Crippen LogP contribution in [0.15, 0.2) is 24.3 Å². The normalized spacial score (nSPS) is 12.0. The Morgan fingerprint density at radius 1 is 1.29 bits per heavy atom. The van der Waals surface area contributed by atoms with Gasteiger partial charge < -0.3 is 15.2 Å². The molecule has 21 heavy (non-hydrogen) atoms. The first-order chi connectivity index (χ1) is 10.2. The predicted molar refractivity (Wildman–Crippen MR) is 84.7 cm³/mol. The molecule has 0 spiro atoms. The second-order valence-electron chi connectivity index (χ2n) is 5.22. The molecule has 0 saturated carbocycles. The van der Waals surface area contributed by atoms with Crippen LogP contribution in [0.1, 0.15) is 49.9 Å². The maximum atomic E-state index is 12.0. The second kappa shape index (κ2) is 10.2. The predicted octanol–water partition coefficient (Wildman–Crippen LogP) is 3.00. The Balaban J connectivity index is 2.43. The highest BCUT2D eigenvalue weighted by Crippen LogP contribution is 2.13. The van der Waals surface area contributed by atoms with E-state index in [0.717, 1.165) is 31.4 Å². The van der Waals surface area contributed by atoms with Crippen molar-refractivity contribution in [1.29, 1.82) is 0 Å². The van der Waals surface area contributed by atoms with Crippen LogP contribution in [0.25, 0.3) is 0 Å². The molecule has 0 aromatic heterocycles. The molecule has 0 radical (unpaired) electrons. The zero-order valence-corrected chi connectivity index (χ0v) is 13.1. The van der Waals surface area contributed by atoms with Crippen molar-refractivity contribution < 1.29 is 14.6 Å². The van der Waals surface area contributed by atoms with E-state index in [4.69, 9.17) is 9.84 Å². The van der Waals surface area contributed by atoms with Gasteiger partial charge in [-0.2, -0.15) is 0 Å². The van der Waals surface area contributed by atoms with Crippen LogP contribution in [0, 0.1) is 5.92 Å². The zero-order valence-electron chi connectivity index (χ0n) is 13.1. The summed E-state index contributed by atoms with van der Waals surface area (Å²) in [5.41, 5.74) is 0.636. The molecule has 1 rings (SSSR count). The maximum absolute atomic E-state index is 12.0. The van der Waals surface area contributed by atoms with Crippen LogP contribution in [0.5, 0.6) is 5.75 Å². The smallest absolute Gasteiger partial charge is 0.251 e. The fraction of sp³-hybridized carbons (Fsp3) is 0.588. The summed E-state index contributed by atoms with van der Waals surface area (Å²) in [5.74, 6) is 1.05. The van der Waals surface area contributed by atoms with Gasteiger partial charge in [0.05, 0.1) is 6.61 Å². The minimum atomic E-state index is -0.0773. The molecule has 0 aliphatic carbocycles. The molecule has 1 aromatic rings. The molecule has 1 unspecified atom stereocenters. The van der Waals surface area contributed by atoms with Crippen molar-refractivity contribution in [2.75, 3.05) is 19.8 Å². The van der Waals surface area contributed by atoms with Gasteiger partial charge in [0.25, 0.3) is 5.91 Å². The summed E-state index contributed by atoms with van der Waals surface area (Å²) in [6.45, 7) is 5.66. The number of aliphatic hydroxyl groups excluding tert-OH is 1. The standard InChI is InChI=1S/C17H27NO3/c1-3-5-12-21-16-8-6-15(7-9-16)17(20)18-13-14(4-2)10-11-19/h6-9,14,19H,3-5,10-13H2,1-2H3,(H,18,20). The molecule has 1 amide bonds. The van der Waals surface area contributed by atoms with E-state index in [1.165, 1.54) is 0 Å². The number of hydrogen-bond donors (Lipinski definition) is 2. The van der Waals surface area contributed by atoms with Gasteiger partial charge in [-0.05, 0) is 43.0 Å². The number of aliphatic hydroxyl groups is 1. The van der Waals surface area contributed by atoms with Crippen LogP contribution in [0.4, 0.5) is 0 Å². The molecule has 4 nitrogen and oxygen atoms in total. The van der Waals surface area contributed by atoms with Crippen LogP contribution < -0.4 is 10.1 Å². The van der Waals surface area contributed by atoms with Crippen molar-refractivity contribution in [1.82, 2.24) is 5.32 Å². The van der Waals surface area contributed by atoms with Crippen molar-refractivity contribution >= 4 is 5.91 Å². The second-order valence-corrected chi connectivity index (χ2v) is 5.22. The van der Waals surface area contributed by atoms with Gasteiger partial charge in [-0.15, -0.1) is 0 Å². The molecule has 0 saturated heterocycles. The largest absolute Gasteiger partial charge is 0.494 e. The minimum absolute atomic E-state index is 0.0773. The van der Waals surface area contributed by atoms with Crippen LogP contribution in [-0.2, 0) is 0 Å². The summed E-state index contributed by atoms with van der Waals surface area (Å²) in [5, 5.41) is 11.9. The Morgan fingerprint density at radius 3 is 2.57 bits per heavy atom. The Bertz CT molecular complexity index is 403. The summed E-state index contributed by atoms with van der Waals surface area (Å²) in [7, 11) is 0. The lowest BCUT2D eigenvalue weighted by Crippen LogP contribution is -2.29. The minimum Gasteiger partial charge on any atom is -0.494 e. The number of nitrogens with one attached hydrogen (secondary N) is 1. The summed E-state index contributed by atoms with van der Waals surface area (Å²) in [6, 6.07) is 7.22. The molecular weight excluding hydrogens is 266 g/mol. The van der Waals surface area contributed by atoms with E-state index in [-0.39, 0.29) is 12.5 Å². The average Bonchev–Trinajstić information content (AvgIpc) is 2.52. The van der Waals surface area contributed by atoms with Gasteiger partial charge in [0.1, 0.15) is 5.75 Å². The number of benzene rings is 1. The van der Waals surface area contributed by atoms with E-state index in [0.29, 0.717) is 24.6 Å². The van der Waals surface area contributed by atoms with Crippen molar-refractivity contribution in [2.24, 2.45) is 5.92 Å². The molecular formula is C17H27NO3. The number of hydrogen-bond acceptors (Lipinski definition) is 3. The third-order valence-electron chi connectivity index (χ3n) is 3.55. The van der Waals surface area contributed by atoms with Gasteiger partial charge in [-0.25, -0.2) is 0 Å². The molecule has 0 aliphatic heterocycles. The lowest BCUT2D eigenvalue weighted by atomic mass is 10.0. The molecule has 0 aliphatic rings. The summed E-state index contributed by atoms with van der Waals surface area (Å²) >= 11 is 0. The third-order valence-corrected chi connectivity index (χ3v) is 3.55. The van der Waals surface area contributed by atoms with Crippen LogP contribution in [-0.4, -0.2) is 30.8 Å². The highest BCUT2D eigenvalue weighted by atomic mass is 16.5. The van der Waals surface area contributed by atoms with Gasteiger partial charge in [-0.1, -0.05) is 26.7 Å². The topological polar surface area (TPSA) is 58.6 Å². The van der Waals surface area contributed by atoms with Gasteiger partial charge in [0.2, 0.25) is 0 Å². The van der Waals surface area contributed by atoms with Gasteiger partial charge >= 0.3 is 0 Å². The zero-order chi connectivity index (χ0) is 15.5. The van der Waals surface area contributed by atoms with Gasteiger partial charge in [0.15, 0.2) is 0 Å². The van der Waals surface area contributed by atoms with E-state index in [2.05, 4.69) is 19.2 Å². The highest BCUT2D eigenvalue weighted by molar-refractivity contribution is 5.94. The van der Waals surface area contributed by atoms with Gasteiger partial charge in [-0.3, -0.25) is 4.79 Å². The summed E-state index contributed by atoms with van der Waals surface area (Å²) in [4.78, 5) is 12.0. The molecule has 0 fully saturated rings. The average molecular weight is 293 g/mol. The van der Waals surface area contributed by atoms with Crippen molar-refractivity contribution in [3.8, 4) is 5.75 Å². The SMILES string of the molecule is CCCCOc1ccc(C(=O)NCC(CC)CCO)cc1. The number of carbonyl (C=O) groups excluding carboxylic acids is 1. The third kappa shape index (κ3) is 6.63. The van der Waals surface area contributed by atoms with E-state index >= 15 is 0 Å². The Kier molecular flexibility index (Phi) is 8.51. The molecule has 118 valence electrons. The maximum Gasteiger partial charge on any atom is 0.251 e. The number of rotatable bonds is 10. The fourth-order valence-corrected chi connectivity index (χ4v) is 2.01. The Labute approximate surface area is 127 Å². The van der Waals surface area contributed by atoms with Crippen LogP contribution in [0.3, 0.4) is 0 Å². The molecule has 0 heterocycles. The molecule has 2 N–H and O–H groups in total. The first-order valence-electron chi connectivity index (χ1n) is 7.83. The molecule has 1 aromatic carbocycles. The van der Waals surface area contributed by atoms with Crippen molar-refractivity contribution in [3.05, 3.63) is 29.8 Å². The lowest BCUT2D eigenvalue weighted by Gasteiger charge is -2.14. The molecule has 0 bridgehead atoms. The van der Waals surface area contributed by atoms with E-state index in [1.54, 1.807) is 12.1 Å². The van der Waals surface area contributed by atoms with E-state index in [9.17, 15) is 4.79 Å². The monoisotopic (exact) mass is 293 g/mol. The first kappa shape index (κ1) is 17.5. The van der Waals surface area contributed by atoms with E-state index < -0.39 is 0 Å². The van der Waals surface area contributed by atoms with Crippen LogP contribution in [0.2, 0.25) is 0 Å². The van der Waals surface area contributed by atoms with Crippen molar-refractivity contribution in [3.63, 3.8) is 0 Å². The lowest BCUT2D eigenvalue weighted by molar-refractivity contribution is 0.0943. The first-order valence-corrected chi connectivity index (χ1v) is 7.83. The van der Waals surface area contributed by atoms with Crippen molar-refractivity contribution in [2.45, 2.75) is 39.5 Å². The van der Waals surface area contributed by atoms with E-state index in [1.807, 2.05) is 12.1 Å². The number of ether oxygens (including phenoxy) is 1. The quantitative estimate of drug-likeness (QED) is 0.652. The number of carbonyl (C=O) groups is 1. The van der Waals surface area contributed by atoms with Gasteiger partial charge in [0, 0.05) is 18.7 Å². The fourth-order valence-electron chi connectivity index (χ4n) is 2.01. The Morgan fingerprint density at radius 2 is 2.00 bits per heavy atom. The number of amides is 1. The van der Waals surface area contributed by atoms with Crippen LogP contribution >= 0.6 is 0 Å². The summed E-state index contributed by atoms with van der Waals surface area (Å²) < 4.78 is 5.57. The molecule has 1 atom stereocenters. The Hall–Kier alpha value is -1.55.